The Morgan fingerprint density at radius 1 is 0.975 bits per heavy atom. The molecule has 0 aliphatic rings. The highest BCUT2D eigenvalue weighted by atomic mass is 35.5. The van der Waals surface area contributed by atoms with Gasteiger partial charge in [-0.2, -0.15) is 8.42 Å². The van der Waals surface area contributed by atoms with Crippen LogP contribution in [-0.4, -0.2) is 45.3 Å². The Morgan fingerprint density at radius 2 is 1.57 bits per heavy atom. The first kappa shape index (κ1) is 36.6. The van der Waals surface area contributed by atoms with Crippen molar-refractivity contribution in [3.05, 3.63) is 75.2 Å². The minimum Gasteiger partial charge on any atom is -0.381 e. The number of nitrogens with zero attached hydrogens (tertiary/aromatic N) is 1. The summed E-state index contributed by atoms with van der Waals surface area (Å²) in [4.78, 5) is 17.7. The minimum absolute atomic E-state index is 0.0942. The first-order valence-electron chi connectivity index (χ1n) is 12.5. The quantitative estimate of drug-likeness (QED) is 0.178. The van der Waals surface area contributed by atoms with E-state index in [2.05, 4.69) is 29.9 Å². The summed E-state index contributed by atoms with van der Waals surface area (Å²) in [5, 5.41) is 2.82. The van der Waals surface area contributed by atoms with Gasteiger partial charge in [-0.25, -0.2) is 4.98 Å². The number of carbonyl (C=O) groups is 1. The predicted molar refractivity (Wildman–Crippen MR) is 169 cm³/mol. The highest BCUT2D eigenvalue weighted by Gasteiger charge is 2.15. The summed E-state index contributed by atoms with van der Waals surface area (Å²) in [6, 6.07) is 12.3. The van der Waals surface area contributed by atoms with Crippen LogP contribution in [0, 0.1) is 10.8 Å². The highest BCUT2D eigenvalue weighted by molar-refractivity contribution is 8.01. The van der Waals surface area contributed by atoms with Crippen molar-refractivity contribution in [1.29, 1.82) is 0 Å². The fourth-order valence-electron chi connectivity index (χ4n) is 2.55. The van der Waals surface area contributed by atoms with Crippen LogP contribution >= 0.6 is 46.3 Å². The van der Waals surface area contributed by atoms with Gasteiger partial charge in [0.25, 0.3) is 10.1 Å². The molecule has 1 heterocycles. The van der Waals surface area contributed by atoms with Crippen molar-refractivity contribution in [2.45, 2.75) is 57.7 Å². The number of hydrogen-bond acceptors (Lipinski definition) is 8. The third kappa shape index (κ3) is 16.7. The zero-order valence-corrected chi connectivity index (χ0v) is 28.2. The maximum Gasteiger partial charge on any atom is 0.264 e. The molecule has 2 aromatic carbocycles. The number of benzene rings is 2. The highest BCUT2D eigenvalue weighted by Crippen LogP contribution is 2.30. The van der Waals surface area contributed by atoms with Gasteiger partial charge in [0, 0.05) is 39.2 Å². The zero-order chi connectivity index (χ0) is 30.6. The molecule has 3 rings (SSSR count). The summed E-state index contributed by atoms with van der Waals surface area (Å²) in [7, 11) is -3.26. The van der Waals surface area contributed by atoms with Gasteiger partial charge in [-0.15, -0.1) is 11.3 Å². The maximum atomic E-state index is 12.5. The van der Waals surface area contributed by atoms with Crippen LogP contribution in [0.5, 0.6) is 0 Å². The fraction of sp³-hybridized carbons (Fsp3) is 0.448. The Balaban J connectivity index is 0.000000370. The second-order valence-electron chi connectivity index (χ2n) is 11.1. The molecule has 0 fully saturated rings. The molecule has 0 N–H and O–H groups in total. The van der Waals surface area contributed by atoms with Crippen molar-refractivity contribution in [1.82, 2.24) is 4.98 Å². The second kappa shape index (κ2) is 16.9. The molecule has 0 bridgehead atoms. The number of thiazole rings is 1. The monoisotopic (exact) mass is 647 g/mol. The van der Waals surface area contributed by atoms with Gasteiger partial charge in [-0.05, 0) is 60.2 Å². The Hall–Kier alpha value is -1.46. The SMILES string of the molecule is CC(C)(C)COS(C)(=O)=O.CCOCC(C)(C)C.O=C(c1ccc(Sc2nccs2)cc1)c1cc(Cl)ccc1Cl. The molecular weight excluding hydrogens is 609 g/mol. The molecular formula is C29H39Cl2NO5S3. The second-order valence-corrected chi connectivity index (χ2v) is 15.8. The summed E-state index contributed by atoms with van der Waals surface area (Å²) in [6.45, 7) is 16.2. The molecule has 0 saturated heterocycles. The average molecular weight is 649 g/mol. The topological polar surface area (TPSA) is 82.6 Å². The largest absolute Gasteiger partial charge is 0.381 e. The molecule has 0 aliphatic carbocycles. The Labute approximate surface area is 257 Å². The van der Waals surface area contributed by atoms with Crippen molar-refractivity contribution in [2.75, 3.05) is 26.1 Å². The lowest BCUT2D eigenvalue weighted by Crippen LogP contribution is -2.17. The van der Waals surface area contributed by atoms with E-state index >= 15 is 0 Å². The van der Waals surface area contributed by atoms with Gasteiger partial charge in [0.05, 0.1) is 24.5 Å². The van der Waals surface area contributed by atoms with Crippen LogP contribution in [-0.2, 0) is 19.0 Å². The molecule has 0 radical (unpaired) electrons. The number of aromatic nitrogens is 1. The Bertz CT molecular complexity index is 1280. The van der Waals surface area contributed by atoms with E-state index in [1.54, 1.807) is 59.6 Å². The van der Waals surface area contributed by atoms with E-state index in [-0.39, 0.29) is 17.8 Å². The predicted octanol–water partition coefficient (Wildman–Crippen LogP) is 8.91. The number of ketones is 1. The smallest absolute Gasteiger partial charge is 0.264 e. The maximum absolute atomic E-state index is 12.5. The van der Waals surface area contributed by atoms with Gasteiger partial charge in [-0.1, -0.05) is 76.5 Å². The van der Waals surface area contributed by atoms with E-state index in [1.165, 1.54) is 0 Å². The van der Waals surface area contributed by atoms with E-state index in [0.717, 1.165) is 28.7 Å². The molecule has 1 aromatic heterocycles. The van der Waals surface area contributed by atoms with Crippen LogP contribution in [0.15, 0.2) is 63.3 Å². The number of rotatable bonds is 8. The fourth-order valence-corrected chi connectivity index (χ4v) is 5.09. The molecule has 11 heteroatoms. The molecule has 222 valence electrons. The van der Waals surface area contributed by atoms with Gasteiger partial charge >= 0.3 is 0 Å². The van der Waals surface area contributed by atoms with Crippen LogP contribution in [0.3, 0.4) is 0 Å². The van der Waals surface area contributed by atoms with Gasteiger partial charge in [0.2, 0.25) is 0 Å². The minimum atomic E-state index is -3.26. The molecule has 6 nitrogen and oxygen atoms in total. The molecule has 0 spiro atoms. The van der Waals surface area contributed by atoms with E-state index in [4.69, 9.17) is 27.9 Å². The van der Waals surface area contributed by atoms with E-state index in [1.807, 2.05) is 45.2 Å². The van der Waals surface area contributed by atoms with Gasteiger partial charge < -0.3 is 4.74 Å². The van der Waals surface area contributed by atoms with Crippen molar-refractivity contribution in [3.63, 3.8) is 0 Å². The summed E-state index contributed by atoms with van der Waals surface area (Å²) in [5.41, 5.74) is 1.22. The molecule has 0 unspecified atom stereocenters. The number of halogens is 2. The molecule has 0 atom stereocenters. The molecule has 0 aliphatic heterocycles. The van der Waals surface area contributed by atoms with Crippen LogP contribution in [0.25, 0.3) is 0 Å². The van der Waals surface area contributed by atoms with Crippen LogP contribution in [0.4, 0.5) is 0 Å². The van der Waals surface area contributed by atoms with Crippen LogP contribution in [0.2, 0.25) is 10.0 Å². The number of hydrogen-bond donors (Lipinski definition) is 0. The summed E-state index contributed by atoms with van der Waals surface area (Å²) in [5.74, 6) is -0.140. The van der Waals surface area contributed by atoms with Crippen LogP contribution < -0.4 is 0 Å². The van der Waals surface area contributed by atoms with Crippen molar-refractivity contribution < 1.29 is 22.1 Å². The molecule has 40 heavy (non-hydrogen) atoms. The third-order valence-electron chi connectivity index (χ3n) is 4.35. The zero-order valence-electron chi connectivity index (χ0n) is 24.3. The Morgan fingerprint density at radius 3 is 2.00 bits per heavy atom. The summed E-state index contributed by atoms with van der Waals surface area (Å²) >= 11 is 15.2. The Kier molecular flexibility index (Phi) is 15.4. The summed E-state index contributed by atoms with van der Waals surface area (Å²) < 4.78 is 31.6. The van der Waals surface area contributed by atoms with E-state index in [9.17, 15) is 13.2 Å². The lowest BCUT2D eigenvalue weighted by Gasteiger charge is -2.16. The third-order valence-corrected chi connectivity index (χ3v) is 7.35. The average Bonchev–Trinajstić information content (AvgIpc) is 3.36. The molecule has 0 amide bonds. The van der Waals surface area contributed by atoms with Gasteiger partial charge in [0.1, 0.15) is 0 Å². The molecule has 0 saturated carbocycles. The van der Waals surface area contributed by atoms with Gasteiger partial charge in [-0.3, -0.25) is 8.98 Å². The first-order chi connectivity index (χ1) is 18.4. The standard InChI is InChI=1S/C16H9Cl2NOS2.C7H16O.C6H14O3S/c17-11-3-6-14(18)13(9-11)15(20)10-1-4-12(5-2-10)22-16-19-7-8-21-16;1-5-8-6-7(2,3)4;1-6(2,3)5-9-10(4,7)8/h1-9H;5-6H2,1-4H3;5H2,1-4H3. The van der Waals surface area contributed by atoms with E-state index in [0.29, 0.717) is 26.6 Å². The normalized spacial score (nSPS) is 11.7. The number of carbonyl (C=O) groups excluding carboxylic acids is 1. The first-order valence-corrected chi connectivity index (χ1v) is 16.8. The van der Waals surface area contributed by atoms with Crippen LogP contribution in [0.1, 0.15) is 64.4 Å². The number of ether oxygens (including phenoxy) is 1. The van der Waals surface area contributed by atoms with Crippen molar-refractivity contribution >= 4 is 62.2 Å². The lowest BCUT2D eigenvalue weighted by molar-refractivity contribution is 0.0805. The molecule has 3 aromatic rings. The van der Waals surface area contributed by atoms with E-state index < -0.39 is 10.1 Å². The summed E-state index contributed by atoms with van der Waals surface area (Å²) in [6.07, 6.45) is 2.82. The van der Waals surface area contributed by atoms with Crippen molar-refractivity contribution in [3.8, 4) is 0 Å². The van der Waals surface area contributed by atoms with Gasteiger partial charge in [0.15, 0.2) is 10.1 Å². The van der Waals surface area contributed by atoms with Crippen molar-refractivity contribution in [2.24, 2.45) is 10.8 Å². The lowest BCUT2D eigenvalue weighted by atomic mass is 9.99.